The van der Waals surface area contributed by atoms with Gasteiger partial charge < -0.3 is 9.64 Å². The minimum Gasteiger partial charge on any atom is -0.383 e. The number of nitrogens with zero attached hydrogens (tertiary/aromatic N) is 2. The molecular weight excluding hydrogens is 270 g/mol. The molecule has 1 amide bonds. The molecule has 6 heteroatoms. The Balaban J connectivity index is 1.98. The SMILES string of the molecule is COCCN1CCC(C(=O)Nn2c(C)cc(C)cc2=O)C1. The van der Waals surface area contributed by atoms with Crippen LogP contribution in [0.4, 0.5) is 0 Å². The minimum atomic E-state index is -0.199. The van der Waals surface area contributed by atoms with Gasteiger partial charge in [-0.3, -0.25) is 15.0 Å². The summed E-state index contributed by atoms with van der Waals surface area (Å²) >= 11 is 0. The maximum absolute atomic E-state index is 12.3. The number of aryl methyl sites for hydroxylation is 2. The maximum atomic E-state index is 12.3. The number of methoxy groups -OCH3 is 1. The molecule has 6 nitrogen and oxygen atoms in total. The Morgan fingerprint density at radius 3 is 2.86 bits per heavy atom. The van der Waals surface area contributed by atoms with Gasteiger partial charge in [-0.1, -0.05) is 0 Å². The minimum absolute atomic E-state index is 0.0746. The highest BCUT2D eigenvalue weighted by Crippen LogP contribution is 2.16. The molecule has 1 aliphatic heterocycles. The van der Waals surface area contributed by atoms with Crippen molar-refractivity contribution in [1.82, 2.24) is 9.58 Å². The molecule has 1 aromatic heterocycles. The molecule has 1 unspecified atom stereocenters. The quantitative estimate of drug-likeness (QED) is 0.859. The summed E-state index contributed by atoms with van der Waals surface area (Å²) in [4.78, 5) is 26.4. The summed E-state index contributed by atoms with van der Waals surface area (Å²) in [6.45, 7) is 6.80. The van der Waals surface area contributed by atoms with Crippen LogP contribution < -0.4 is 11.0 Å². The Labute approximate surface area is 124 Å². The van der Waals surface area contributed by atoms with E-state index in [1.165, 1.54) is 10.7 Å². The molecule has 0 aromatic carbocycles. The lowest BCUT2D eigenvalue weighted by Gasteiger charge is -2.17. The van der Waals surface area contributed by atoms with Gasteiger partial charge in [0.15, 0.2) is 0 Å². The highest BCUT2D eigenvalue weighted by molar-refractivity contribution is 5.86. The number of ether oxygens (including phenoxy) is 1. The van der Waals surface area contributed by atoms with Crippen LogP contribution in [0.1, 0.15) is 17.7 Å². The van der Waals surface area contributed by atoms with Crippen LogP contribution in [0, 0.1) is 19.8 Å². The summed E-state index contributed by atoms with van der Waals surface area (Å²) in [6, 6.07) is 3.40. The van der Waals surface area contributed by atoms with Gasteiger partial charge in [0.1, 0.15) is 0 Å². The molecule has 2 rings (SSSR count). The molecule has 0 spiro atoms. The van der Waals surface area contributed by atoms with E-state index in [0.717, 1.165) is 37.3 Å². The van der Waals surface area contributed by atoms with E-state index in [1.807, 2.05) is 19.9 Å². The maximum Gasteiger partial charge on any atom is 0.269 e. The predicted octanol–water partition coefficient (Wildman–Crippen LogP) is 0.504. The van der Waals surface area contributed by atoms with Gasteiger partial charge in [-0.15, -0.1) is 0 Å². The zero-order valence-electron chi connectivity index (χ0n) is 12.9. The van der Waals surface area contributed by atoms with Gasteiger partial charge in [0.05, 0.1) is 12.5 Å². The number of hydrogen-bond donors (Lipinski definition) is 1. The summed E-state index contributed by atoms with van der Waals surface area (Å²) in [5.41, 5.74) is 4.17. The summed E-state index contributed by atoms with van der Waals surface area (Å²) in [5, 5.41) is 0. The molecule has 2 heterocycles. The van der Waals surface area contributed by atoms with Crippen LogP contribution in [-0.2, 0) is 9.53 Å². The van der Waals surface area contributed by atoms with Crippen LogP contribution in [0.15, 0.2) is 16.9 Å². The average molecular weight is 293 g/mol. The lowest BCUT2D eigenvalue weighted by molar-refractivity contribution is -0.120. The topological polar surface area (TPSA) is 63.6 Å². The van der Waals surface area contributed by atoms with Crippen molar-refractivity contribution in [1.29, 1.82) is 0 Å². The van der Waals surface area contributed by atoms with Gasteiger partial charge in [0, 0.05) is 32.0 Å². The van der Waals surface area contributed by atoms with Gasteiger partial charge in [-0.25, -0.2) is 4.68 Å². The molecule has 1 atom stereocenters. The highest BCUT2D eigenvalue weighted by Gasteiger charge is 2.28. The van der Waals surface area contributed by atoms with Crippen LogP contribution in [-0.4, -0.2) is 48.8 Å². The molecule has 1 saturated heterocycles. The number of hydrogen-bond acceptors (Lipinski definition) is 4. The van der Waals surface area contributed by atoms with E-state index < -0.39 is 0 Å². The van der Waals surface area contributed by atoms with E-state index in [1.54, 1.807) is 7.11 Å². The molecule has 0 saturated carbocycles. The van der Waals surface area contributed by atoms with Crippen molar-refractivity contribution < 1.29 is 9.53 Å². The van der Waals surface area contributed by atoms with Crippen LogP contribution in [0.3, 0.4) is 0 Å². The summed E-state index contributed by atoms with van der Waals surface area (Å²) in [6.07, 6.45) is 0.815. The van der Waals surface area contributed by atoms with Crippen molar-refractivity contribution in [2.75, 3.05) is 38.8 Å². The van der Waals surface area contributed by atoms with E-state index in [0.29, 0.717) is 6.61 Å². The van der Waals surface area contributed by atoms with Crippen LogP contribution >= 0.6 is 0 Å². The standard InChI is InChI=1S/C15H23N3O3/c1-11-8-12(2)18(14(19)9-11)16-15(20)13-4-5-17(10-13)6-7-21-3/h8-9,13H,4-7,10H2,1-3H3,(H,16,20). The van der Waals surface area contributed by atoms with E-state index in [9.17, 15) is 9.59 Å². The first kappa shape index (κ1) is 15.7. The second-order valence-electron chi connectivity index (χ2n) is 5.60. The Morgan fingerprint density at radius 2 is 2.19 bits per heavy atom. The number of nitrogens with one attached hydrogen (secondary N) is 1. The van der Waals surface area contributed by atoms with Gasteiger partial charge in [-0.05, 0) is 38.4 Å². The monoisotopic (exact) mass is 293 g/mol. The summed E-state index contributed by atoms with van der Waals surface area (Å²) < 4.78 is 6.38. The molecule has 0 radical (unpaired) electrons. The third kappa shape index (κ3) is 3.92. The Morgan fingerprint density at radius 1 is 1.43 bits per heavy atom. The van der Waals surface area contributed by atoms with E-state index in [4.69, 9.17) is 4.74 Å². The summed E-state index contributed by atoms with van der Waals surface area (Å²) in [5.74, 6) is -0.168. The van der Waals surface area contributed by atoms with Crippen LogP contribution in [0.5, 0.6) is 0 Å². The van der Waals surface area contributed by atoms with E-state index in [-0.39, 0.29) is 17.4 Å². The smallest absolute Gasteiger partial charge is 0.269 e. The third-order valence-electron chi connectivity index (χ3n) is 3.84. The first-order valence-electron chi connectivity index (χ1n) is 7.23. The first-order chi connectivity index (χ1) is 10.0. The van der Waals surface area contributed by atoms with E-state index in [2.05, 4.69) is 10.3 Å². The molecule has 1 aromatic rings. The van der Waals surface area contributed by atoms with Crippen molar-refractivity contribution in [3.8, 4) is 0 Å². The van der Waals surface area contributed by atoms with Gasteiger partial charge >= 0.3 is 0 Å². The van der Waals surface area contributed by atoms with Crippen LogP contribution in [0.2, 0.25) is 0 Å². The number of rotatable bonds is 5. The molecule has 1 aliphatic rings. The lowest BCUT2D eigenvalue weighted by atomic mass is 10.1. The van der Waals surface area contributed by atoms with Crippen molar-refractivity contribution in [2.45, 2.75) is 20.3 Å². The number of carbonyl (C=O) groups excluding carboxylic acids is 1. The highest BCUT2D eigenvalue weighted by atomic mass is 16.5. The zero-order valence-corrected chi connectivity index (χ0v) is 12.9. The van der Waals surface area contributed by atoms with E-state index >= 15 is 0 Å². The Bertz CT molecular complexity index is 568. The molecule has 1 fully saturated rings. The summed E-state index contributed by atoms with van der Waals surface area (Å²) in [7, 11) is 1.67. The molecule has 116 valence electrons. The zero-order chi connectivity index (χ0) is 15.4. The molecular formula is C15H23N3O3. The number of aromatic nitrogens is 1. The number of likely N-dealkylation sites (tertiary alicyclic amines) is 1. The van der Waals surface area contributed by atoms with Crippen molar-refractivity contribution in [3.05, 3.63) is 33.7 Å². The van der Waals surface area contributed by atoms with Crippen molar-refractivity contribution in [3.63, 3.8) is 0 Å². The molecule has 1 N–H and O–H groups in total. The predicted molar refractivity (Wildman–Crippen MR) is 81.0 cm³/mol. The Kier molecular flexibility index (Phi) is 5.14. The van der Waals surface area contributed by atoms with Gasteiger partial charge in [0.25, 0.3) is 5.56 Å². The Hall–Kier alpha value is -1.66. The number of pyridine rings is 1. The molecule has 0 bridgehead atoms. The fourth-order valence-corrected chi connectivity index (χ4v) is 2.68. The van der Waals surface area contributed by atoms with Crippen molar-refractivity contribution in [2.24, 2.45) is 5.92 Å². The normalized spacial score (nSPS) is 18.9. The van der Waals surface area contributed by atoms with Gasteiger partial charge in [-0.2, -0.15) is 0 Å². The fourth-order valence-electron chi connectivity index (χ4n) is 2.68. The first-order valence-corrected chi connectivity index (χ1v) is 7.23. The number of carbonyl (C=O) groups is 1. The average Bonchev–Trinajstić information content (AvgIpc) is 2.89. The lowest BCUT2D eigenvalue weighted by Crippen LogP contribution is -2.38. The number of amides is 1. The molecule has 21 heavy (non-hydrogen) atoms. The second kappa shape index (κ2) is 6.87. The largest absolute Gasteiger partial charge is 0.383 e. The van der Waals surface area contributed by atoms with Crippen molar-refractivity contribution >= 4 is 5.91 Å². The second-order valence-corrected chi connectivity index (χ2v) is 5.60. The van der Waals surface area contributed by atoms with Crippen LogP contribution in [0.25, 0.3) is 0 Å². The van der Waals surface area contributed by atoms with Gasteiger partial charge in [0.2, 0.25) is 5.91 Å². The third-order valence-corrected chi connectivity index (χ3v) is 3.84. The molecule has 0 aliphatic carbocycles. The fraction of sp³-hybridized carbons (Fsp3) is 0.600.